The van der Waals surface area contributed by atoms with E-state index in [0.29, 0.717) is 6.54 Å². The van der Waals surface area contributed by atoms with Crippen LogP contribution in [0.2, 0.25) is 0 Å². The maximum absolute atomic E-state index is 12.8. The first kappa shape index (κ1) is 17.0. The van der Waals surface area contributed by atoms with Gasteiger partial charge < -0.3 is 4.57 Å². The molecule has 0 bridgehead atoms. The lowest BCUT2D eigenvalue weighted by atomic mass is 10.2. The number of hydrogen-bond acceptors (Lipinski definition) is 1. The van der Waals surface area contributed by atoms with Crippen molar-refractivity contribution in [3.05, 3.63) is 77.7 Å². The van der Waals surface area contributed by atoms with E-state index in [1.165, 1.54) is 23.0 Å². The maximum atomic E-state index is 12.8. The molecule has 0 radical (unpaired) electrons. The molecule has 23 heavy (non-hydrogen) atoms. The van der Waals surface area contributed by atoms with E-state index in [0.717, 1.165) is 11.3 Å². The summed E-state index contributed by atoms with van der Waals surface area (Å²) in [7, 11) is 2.04. The highest BCUT2D eigenvalue weighted by atomic mass is 35.5. The lowest BCUT2D eigenvalue weighted by Crippen LogP contribution is -1.94. The standard InChI is InChI=1S/C19H17FN2.ClH/c1-22-18(13-16-6-2-3-7-19(16)22)14-21-12-4-5-15-8-10-17(20)11-9-15;/h2-11,13-14H,12H2,1H3;1H/b5-4+,21-14?;. The zero-order valence-electron chi connectivity index (χ0n) is 12.8. The second-order valence-corrected chi connectivity index (χ2v) is 5.14. The van der Waals surface area contributed by atoms with Crippen LogP contribution in [0.15, 0.2) is 65.7 Å². The van der Waals surface area contributed by atoms with Gasteiger partial charge in [0.05, 0.1) is 12.2 Å². The van der Waals surface area contributed by atoms with Gasteiger partial charge in [0.15, 0.2) is 0 Å². The van der Waals surface area contributed by atoms with Gasteiger partial charge in [-0.3, -0.25) is 4.99 Å². The zero-order chi connectivity index (χ0) is 15.4. The molecule has 0 atom stereocenters. The van der Waals surface area contributed by atoms with E-state index in [9.17, 15) is 4.39 Å². The van der Waals surface area contributed by atoms with Gasteiger partial charge in [-0.15, -0.1) is 12.4 Å². The molecule has 1 heterocycles. The van der Waals surface area contributed by atoms with Gasteiger partial charge in [0, 0.05) is 24.2 Å². The van der Waals surface area contributed by atoms with Gasteiger partial charge >= 0.3 is 0 Å². The Kier molecular flexibility index (Phi) is 5.72. The summed E-state index contributed by atoms with van der Waals surface area (Å²) in [5.41, 5.74) is 3.25. The van der Waals surface area contributed by atoms with Crippen molar-refractivity contribution in [1.29, 1.82) is 0 Å². The number of benzene rings is 2. The molecule has 0 fully saturated rings. The van der Waals surface area contributed by atoms with Crippen LogP contribution in [0.4, 0.5) is 4.39 Å². The van der Waals surface area contributed by atoms with Gasteiger partial charge in [-0.05, 0) is 29.8 Å². The van der Waals surface area contributed by atoms with Gasteiger partial charge in [-0.25, -0.2) is 4.39 Å². The monoisotopic (exact) mass is 328 g/mol. The summed E-state index contributed by atoms with van der Waals surface area (Å²) < 4.78 is 14.9. The minimum Gasteiger partial charge on any atom is -0.343 e. The Morgan fingerprint density at radius 3 is 2.57 bits per heavy atom. The fourth-order valence-corrected chi connectivity index (χ4v) is 2.40. The number of para-hydroxylation sites is 1. The highest BCUT2D eigenvalue weighted by molar-refractivity contribution is 5.90. The van der Waals surface area contributed by atoms with Crippen LogP contribution in [-0.4, -0.2) is 17.3 Å². The van der Waals surface area contributed by atoms with Gasteiger partial charge in [0.1, 0.15) is 5.82 Å². The highest BCUT2D eigenvalue weighted by Gasteiger charge is 2.01. The molecule has 3 aromatic rings. The first-order valence-electron chi connectivity index (χ1n) is 7.20. The normalized spacial score (nSPS) is 11.4. The van der Waals surface area contributed by atoms with Crippen molar-refractivity contribution in [3.63, 3.8) is 0 Å². The fraction of sp³-hybridized carbons (Fsp3) is 0.105. The number of aryl methyl sites for hydroxylation is 1. The van der Waals surface area contributed by atoms with Crippen LogP contribution in [0, 0.1) is 5.82 Å². The summed E-state index contributed by atoms with van der Waals surface area (Å²) in [6, 6.07) is 16.8. The third-order valence-corrected chi connectivity index (χ3v) is 3.60. The number of halogens is 2. The third-order valence-electron chi connectivity index (χ3n) is 3.60. The molecule has 0 unspecified atom stereocenters. The SMILES string of the molecule is Cl.Cn1c(C=NC/C=C/c2ccc(F)cc2)cc2ccccc21. The Morgan fingerprint density at radius 1 is 1.09 bits per heavy atom. The van der Waals surface area contributed by atoms with Gasteiger partial charge in [0.2, 0.25) is 0 Å². The number of aromatic nitrogens is 1. The van der Waals surface area contributed by atoms with Crippen molar-refractivity contribution >= 4 is 35.6 Å². The molecule has 0 amide bonds. The van der Waals surface area contributed by atoms with Crippen LogP contribution < -0.4 is 0 Å². The quantitative estimate of drug-likeness (QED) is 0.608. The van der Waals surface area contributed by atoms with Crippen LogP contribution >= 0.6 is 12.4 Å². The highest BCUT2D eigenvalue weighted by Crippen LogP contribution is 2.16. The molecule has 118 valence electrons. The molecule has 0 aliphatic rings. The molecule has 3 rings (SSSR count). The van der Waals surface area contributed by atoms with Crippen molar-refractivity contribution in [2.45, 2.75) is 0 Å². The molecule has 0 aliphatic heterocycles. The van der Waals surface area contributed by atoms with E-state index >= 15 is 0 Å². The molecule has 4 heteroatoms. The van der Waals surface area contributed by atoms with Crippen molar-refractivity contribution in [2.24, 2.45) is 12.0 Å². The molecular formula is C19H18ClFN2. The van der Waals surface area contributed by atoms with E-state index in [2.05, 4.69) is 27.8 Å². The lowest BCUT2D eigenvalue weighted by molar-refractivity contribution is 0.628. The Balaban J connectivity index is 0.00000192. The largest absolute Gasteiger partial charge is 0.343 e. The smallest absolute Gasteiger partial charge is 0.123 e. The summed E-state index contributed by atoms with van der Waals surface area (Å²) in [6.45, 7) is 0.596. The molecule has 0 aliphatic carbocycles. The van der Waals surface area contributed by atoms with Crippen LogP contribution in [0.5, 0.6) is 0 Å². The van der Waals surface area contributed by atoms with Gasteiger partial charge in [0.25, 0.3) is 0 Å². The van der Waals surface area contributed by atoms with E-state index in [1.54, 1.807) is 12.1 Å². The Hall–Kier alpha value is -2.39. The topological polar surface area (TPSA) is 17.3 Å². The first-order valence-corrected chi connectivity index (χ1v) is 7.20. The van der Waals surface area contributed by atoms with Gasteiger partial charge in [-0.1, -0.05) is 42.5 Å². The predicted octanol–water partition coefficient (Wildman–Crippen LogP) is 4.87. The first-order chi connectivity index (χ1) is 10.7. The third kappa shape index (κ3) is 4.08. The van der Waals surface area contributed by atoms with Crippen LogP contribution in [-0.2, 0) is 7.05 Å². The Bertz CT molecular complexity index is 832. The average molecular weight is 329 g/mol. The molecule has 2 nitrogen and oxygen atoms in total. The van der Waals surface area contributed by atoms with Crippen molar-refractivity contribution < 1.29 is 4.39 Å². The minimum absolute atomic E-state index is 0. The molecule has 2 aromatic carbocycles. The second-order valence-electron chi connectivity index (χ2n) is 5.14. The average Bonchev–Trinajstić information content (AvgIpc) is 2.86. The summed E-state index contributed by atoms with van der Waals surface area (Å²) in [5.74, 6) is -0.217. The van der Waals surface area contributed by atoms with Gasteiger partial charge in [-0.2, -0.15) is 0 Å². The number of nitrogens with zero attached hydrogens (tertiary/aromatic N) is 2. The number of aliphatic imine (C=N–C) groups is 1. The molecule has 1 aromatic heterocycles. The fourth-order valence-electron chi connectivity index (χ4n) is 2.40. The molecular weight excluding hydrogens is 311 g/mol. The Labute approximate surface area is 141 Å². The molecule has 0 saturated carbocycles. The van der Waals surface area contributed by atoms with Crippen LogP contribution in [0.1, 0.15) is 11.3 Å². The summed E-state index contributed by atoms with van der Waals surface area (Å²) in [5, 5.41) is 1.22. The van der Waals surface area contributed by atoms with Crippen LogP contribution in [0.25, 0.3) is 17.0 Å². The molecule has 0 saturated heterocycles. The van der Waals surface area contributed by atoms with E-state index in [1.807, 2.05) is 37.5 Å². The Morgan fingerprint density at radius 2 is 1.83 bits per heavy atom. The summed E-state index contributed by atoms with van der Waals surface area (Å²) in [6.07, 6.45) is 5.79. The zero-order valence-corrected chi connectivity index (χ0v) is 13.6. The predicted molar refractivity (Wildman–Crippen MR) is 98.1 cm³/mol. The lowest BCUT2D eigenvalue weighted by Gasteiger charge is -1.98. The molecule has 0 N–H and O–H groups in total. The summed E-state index contributed by atoms with van der Waals surface area (Å²) in [4.78, 5) is 4.42. The van der Waals surface area contributed by atoms with E-state index in [-0.39, 0.29) is 18.2 Å². The number of fused-ring (bicyclic) bond motifs is 1. The number of rotatable bonds is 4. The molecule has 0 spiro atoms. The maximum Gasteiger partial charge on any atom is 0.123 e. The minimum atomic E-state index is -0.217. The van der Waals surface area contributed by atoms with E-state index < -0.39 is 0 Å². The number of hydrogen-bond donors (Lipinski definition) is 0. The summed E-state index contributed by atoms with van der Waals surface area (Å²) >= 11 is 0. The van der Waals surface area contributed by atoms with E-state index in [4.69, 9.17) is 0 Å². The van der Waals surface area contributed by atoms with Crippen LogP contribution in [0.3, 0.4) is 0 Å². The van der Waals surface area contributed by atoms with Crippen molar-refractivity contribution in [1.82, 2.24) is 4.57 Å². The van der Waals surface area contributed by atoms with Crippen molar-refractivity contribution in [2.75, 3.05) is 6.54 Å². The second kappa shape index (κ2) is 7.75. The van der Waals surface area contributed by atoms with Crippen molar-refractivity contribution in [3.8, 4) is 0 Å².